The highest BCUT2D eigenvalue weighted by Crippen LogP contribution is 2.33. The Hall–Kier alpha value is -1.59. The second kappa shape index (κ2) is 9.48. The number of amides is 2. The smallest absolute Gasteiger partial charge is 0.321 e. The Morgan fingerprint density at radius 1 is 1.21 bits per heavy atom. The zero-order valence-electron chi connectivity index (χ0n) is 18.7. The van der Waals surface area contributed by atoms with Gasteiger partial charge in [-0.25, -0.2) is 4.79 Å². The molecule has 5 heteroatoms. The van der Waals surface area contributed by atoms with Gasteiger partial charge in [0.15, 0.2) is 0 Å². The molecule has 1 unspecified atom stereocenters. The van der Waals surface area contributed by atoms with E-state index in [-0.39, 0.29) is 11.4 Å². The van der Waals surface area contributed by atoms with Crippen molar-refractivity contribution in [3.05, 3.63) is 29.8 Å². The van der Waals surface area contributed by atoms with Crippen LogP contribution in [0.2, 0.25) is 0 Å². The maximum absolute atomic E-state index is 12.7. The van der Waals surface area contributed by atoms with Crippen LogP contribution in [0.15, 0.2) is 24.3 Å². The Balaban J connectivity index is 1.47. The zero-order valence-corrected chi connectivity index (χ0v) is 18.7. The molecule has 1 aliphatic carbocycles. The van der Waals surface area contributed by atoms with Gasteiger partial charge < -0.3 is 20.2 Å². The lowest BCUT2D eigenvalue weighted by molar-refractivity contribution is 0.112. The summed E-state index contributed by atoms with van der Waals surface area (Å²) in [6, 6.07) is 7.88. The minimum Gasteiger partial charge on any atom is -0.388 e. The van der Waals surface area contributed by atoms with Crippen molar-refractivity contribution in [1.29, 1.82) is 0 Å². The van der Waals surface area contributed by atoms with Crippen molar-refractivity contribution in [3.63, 3.8) is 0 Å². The summed E-state index contributed by atoms with van der Waals surface area (Å²) in [7, 11) is 1.90. The molecular weight excluding hydrogens is 362 g/mol. The highest BCUT2D eigenvalue weighted by atomic mass is 16.3. The summed E-state index contributed by atoms with van der Waals surface area (Å²) >= 11 is 0. The van der Waals surface area contributed by atoms with Gasteiger partial charge in [-0.1, -0.05) is 39.3 Å². The van der Waals surface area contributed by atoms with Crippen LogP contribution in [0.25, 0.3) is 0 Å². The highest BCUT2D eigenvalue weighted by Gasteiger charge is 2.29. The predicted molar refractivity (Wildman–Crippen MR) is 119 cm³/mol. The fourth-order valence-corrected chi connectivity index (χ4v) is 4.11. The van der Waals surface area contributed by atoms with Crippen LogP contribution < -0.4 is 5.32 Å². The van der Waals surface area contributed by atoms with Crippen molar-refractivity contribution in [2.24, 2.45) is 11.3 Å². The van der Waals surface area contributed by atoms with E-state index in [1.807, 2.05) is 36.2 Å². The van der Waals surface area contributed by atoms with E-state index in [2.05, 4.69) is 31.0 Å². The summed E-state index contributed by atoms with van der Waals surface area (Å²) < 4.78 is 0. The molecule has 5 nitrogen and oxygen atoms in total. The molecular formula is C24H39N3O2. The number of hydrogen-bond acceptors (Lipinski definition) is 3. The zero-order chi connectivity index (χ0) is 21.0. The number of likely N-dealkylation sites (tertiary alicyclic amines) is 1. The van der Waals surface area contributed by atoms with Gasteiger partial charge in [0, 0.05) is 38.4 Å². The number of nitrogens with zero attached hydrogens (tertiary/aromatic N) is 2. The number of piperidine rings is 1. The summed E-state index contributed by atoms with van der Waals surface area (Å²) in [4.78, 5) is 17.1. The number of anilines is 1. The van der Waals surface area contributed by atoms with E-state index in [1.54, 1.807) is 0 Å². The summed E-state index contributed by atoms with van der Waals surface area (Å²) in [5, 5.41) is 13.5. The predicted octanol–water partition coefficient (Wildman–Crippen LogP) is 4.88. The monoisotopic (exact) mass is 401 g/mol. The molecule has 1 atom stereocenters. The SMILES string of the molecule is CCC(C)(C)CC(O)c1ccc(NC(=O)N(C)C2CCN(CC3CC3)CC2)cc1. The molecule has 1 heterocycles. The van der Waals surface area contributed by atoms with Crippen LogP contribution >= 0.6 is 0 Å². The van der Waals surface area contributed by atoms with Gasteiger partial charge in [0.2, 0.25) is 0 Å². The van der Waals surface area contributed by atoms with Crippen LogP contribution in [-0.2, 0) is 0 Å². The van der Waals surface area contributed by atoms with E-state index >= 15 is 0 Å². The van der Waals surface area contributed by atoms with Crippen molar-refractivity contribution in [2.75, 3.05) is 32.0 Å². The number of urea groups is 1. The number of aliphatic hydroxyl groups is 1. The Bertz CT molecular complexity index is 661. The van der Waals surface area contributed by atoms with Gasteiger partial charge in [0.25, 0.3) is 0 Å². The number of aliphatic hydroxyl groups excluding tert-OH is 1. The molecule has 0 bridgehead atoms. The molecule has 2 N–H and O–H groups in total. The normalized spacial score (nSPS) is 19.8. The van der Waals surface area contributed by atoms with Gasteiger partial charge in [-0.3, -0.25) is 0 Å². The summed E-state index contributed by atoms with van der Waals surface area (Å²) in [5.74, 6) is 0.933. The van der Waals surface area contributed by atoms with Crippen molar-refractivity contribution in [1.82, 2.24) is 9.80 Å². The summed E-state index contributed by atoms with van der Waals surface area (Å²) in [6.45, 7) is 9.95. The first-order valence-electron chi connectivity index (χ1n) is 11.3. The molecule has 162 valence electrons. The lowest BCUT2D eigenvalue weighted by Gasteiger charge is -2.36. The minimum absolute atomic E-state index is 0.0499. The highest BCUT2D eigenvalue weighted by molar-refractivity contribution is 5.89. The third-order valence-corrected chi connectivity index (χ3v) is 6.89. The Morgan fingerprint density at radius 2 is 1.83 bits per heavy atom. The fourth-order valence-electron chi connectivity index (χ4n) is 4.11. The quantitative estimate of drug-likeness (QED) is 0.652. The molecule has 2 amide bonds. The Morgan fingerprint density at radius 3 is 2.38 bits per heavy atom. The lowest BCUT2D eigenvalue weighted by atomic mass is 9.82. The molecule has 2 fully saturated rings. The number of carbonyl (C=O) groups excluding carboxylic acids is 1. The maximum atomic E-state index is 12.7. The van der Waals surface area contributed by atoms with Gasteiger partial charge in [0.1, 0.15) is 0 Å². The van der Waals surface area contributed by atoms with E-state index in [4.69, 9.17) is 0 Å². The van der Waals surface area contributed by atoms with Crippen LogP contribution in [0.4, 0.5) is 10.5 Å². The first-order chi connectivity index (χ1) is 13.8. The van der Waals surface area contributed by atoms with Crippen molar-refractivity contribution in [3.8, 4) is 0 Å². The molecule has 0 spiro atoms. The summed E-state index contributed by atoms with van der Waals surface area (Å²) in [5.41, 5.74) is 1.79. The molecule has 1 aromatic carbocycles. The lowest BCUT2D eigenvalue weighted by Crippen LogP contribution is -2.47. The van der Waals surface area contributed by atoms with E-state index in [9.17, 15) is 9.90 Å². The first kappa shape index (κ1) is 22.1. The maximum Gasteiger partial charge on any atom is 0.321 e. The number of hydrogen-bond donors (Lipinski definition) is 2. The van der Waals surface area contributed by atoms with E-state index in [0.717, 1.165) is 55.9 Å². The molecule has 29 heavy (non-hydrogen) atoms. The number of rotatable bonds is 8. The third kappa shape index (κ3) is 6.45. The minimum atomic E-state index is -0.474. The Labute approximate surface area is 176 Å². The Kier molecular flexibility index (Phi) is 7.23. The number of nitrogens with one attached hydrogen (secondary N) is 1. The number of carbonyl (C=O) groups is 1. The van der Waals surface area contributed by atoms with Crippen LogP contribution in [-0.4, -0.2) is 53.7 Å². The molecule has 0 aromatic heterocycles. The molecule has 0 radical (unpaired) electrons. The second-order valence-corrected chi connectivity index (χ2v) is 9.88. The molecule has 1 aromatic rings. The molecule has 1 saturated heterocycles. The largest absolute Gasteiger partial charge is 0.388 e. The molecule has 1 aliphatic heterocycles. The van der Waals surface area contributed by atoms with Crippen molar-refractivity contribution < 1.29 is 9.90 Å². The topological polar surface area (TPSA) is 55.8 Å². The summed E-state index contributed by atoms with van der Waals surface area (Å²) in [6.07, 6.45) is 6.19. The van der Waals surface area contributed by atoms with Crippen LogP contribution in [0.3, 0.4) is 0 Å². The van der Waals surface area contributed by atoms with Crippen LogP contribution in [0.1, 0.15) is 71.0 Å². The van der Waals surface area contributed by atoms with E-state index in [0.29, 0.717) is 6.04 Å². The van der Waals surface area contributed by atoms with E-state index in [1.165, 1.54) is 19.4 Å². The number of benzene rings is 1. The van der Waals surface area contributed by atoms with Crippen LogP contribution in [0.5, 0.6) is 0 Å². The van der Waals surface area contributed by atoms with Gasteiger partial charge in [-0.2, -0.15) is 0 Å². The second-order valence-electron chi connectivity index (χ2n) is 9.88. The van der Waals surface area contributed by atoms with Crippen LogP contribution in [0, 0.1) is 11.3 Å². The molecule has 1 saturated carbocycles. The standard InChI is InChI=1S/C24H39N3O2/c1-5-24(2,3)16-22(28)19-8-10-20(11-9-19)25-23(29)26(4)21-12-14-27(15-13-21)17-18-6-7-18/h8-11,18,21-22,28H,5-7,12-17H2,1-4H3,(H,25,29). The van der Waals surface area contributed by atoms with E-state index < -0.39 is 6.10 Å². The first-order valence-corrected chi connectivity index (χ1v) is 11.3. The van der Waals surface area contributed by atoms with Gasteiger partial charge >= 0.3 is 6.03 Å². The third-order valence-electron chi connectivity index (χ3n) is 6.89. The van der Waals surface area contributed by atoms with Gasteiger partial charge in [-0.05, 0) is 61.1 Å². The van der Waals surface area contributed by atoms with Gasteiger partial charge in [-0.15, -0.1) is 0 Å². The van der Waals surface area contributed by atoms with Crippen molar-refractivity contribution >= 4 is 11.7 Å². The average Bonchev–Trinajstić information content (AvgIpc) is 3.52. The molecule has 3 rings (SSSR count). The average molecular weight is 402 g/mol. The molecule has 2 aliphatic rings. The van der Waals surface area contributed by atoms with Crippen molar-refractivity contribution in [2.45, 2.75) is 71.4 Å². The fraction of sp³-hybridized carbons (Fsp3) is 0.708. The van der Waals surface area contributed by atoms with Gasteiger partial charge in [0.05, 0.1) is 6.10 Å².